The van der Waals surface area contributed by atoms with Crippen LogP contribution in [0.5, 0.6) is 0 Å². The molecule has 0 spiro atoms. The Morgan fingerprint density at radius 2 is 0.434 bits per heavy atom. The van der Waals surface area contributed by atoms with Gasteiger partial charge in [-0.2, -0.15) is 0 Å². The standard InChI is InChI=1S/C77H142O6/c1-4-7-10-13-16-19-21-23-25-27-29-31-33-35-37-38-40-41-43-45-47-49-51-53-55-58-61-64-67-70-76(79)82-73-74(72-81-75(78)69-66-63-60-57-18-15-12-9-6-3)83-77(80)71-68-65-62-59-56-54-52-50-48-46-44-42-39-36-34-32-30-28-26-24-22-20-17-14-11-8-5-2/h22,24,27-30,34,36,74H,4-21,23,25-26,31-33,35,37-73H2,1-3H3/b24-22-,29-27-,30-28-,36-34-. The molecule has 0 aromatic carbocycles. The number of unbranched alkanes of at least 4 members (excludes halogenated alkanes) is 50. The van der Waals surface area contributed by atoms with Gasteiger partial charge in [0.2, 0.25) is 0 Å². The van der Waals surface area contributed by atoms with E-state index in [2.05, 4.69) is 69.4 Å². The molecule has 0 heterocycles. The fraction of sp³-hybridized carbons (Fsp3) is 0.857. The van der Waals surface area contributed by atoms with Crippen LogP contribution >= 0.6 is 0 Å². The Kier molecular flexibility index (Phi) is 69.6. The predicted octanol–water partition coefficient (Wildman–Crippen LogP) is 25.7. The maximum atomic E-state index is 12.9. The van der Waals surface area contributed by atoms with Crippen molar-refractivity contribution in [2.45, 2.75) is 412 Å². The van der Waals surface area contributed by atoms with Gasteiger partial charge in [-0.05, 0) is 83.5 Å². The van der Waals surface area contributed by atoms with E-state index in [9.17, 15) is 14.4 Å². The Morgan fingerprint density at radius 1 is 0.241 bits per heavy atom. The summed E-state index contributed by atoms with van der Waals surface area (Å²) >= 11 is 0. The minimum Gasteiger partial charge on any atom is -0.462 e. The topological polar surface area (TPSA) is 78.9 Å². The van der Waals surface area contributed by atoms with E-state index < -0.39 is 6.10 Å². The maximum Gasteiger partial charge on any atom is 0.306 e. The van der Waals surface area contributed by atoms with Crippen LogP contribution in [0.25, 0.3) is 0 Å². The second-order valence-electron chi connectivity index (χ2n) is 25.2. The van der Waals surface area contributed by atoms with Gasteiger partial charge in [0.25, 0.3) is 0 Å². The zero-order chi connectivity index (χ0) is 59.9. The molecule has 0 radical (unpaired) electrons. The number of carbonyl (C=O) groups is 3. The summed E-state index contributed by atoms with van der Waals surface area (Å²) in [5, 5.41) is 0. The van der Waals surface area contributed by atoms with Crippen LogP contribution in [0.4, 0.5) is 0 Å². The summed E-state index contributed by atoms with van der Waals surface area (Å²) in [6.07, 6.45) is 91.7. The fourth-order valence-corrected chi connectivity index (χ4v) is 11.2. The van der Waals surface area contributed by atoms with E-state index in [0.717, 1.165) is 70.6 Å². The summed E-state index contributed by atoms with van der Waals surface area (Å²) in [7, 11) is 0. The number of allylic oxidation sites excluding steroid dienone is 8. The average molecular weight is 1160 g/mol. The molecule has 1 atom stereocenters. The van der Waals surface area contributed by atoms with E-state index in [1.165, 1.54) is 295 Å². The van der Waals surface area contributed by atoms with Crippen molar-refractivity contribution in [1.82, 2.24) is 0 Å². The van der Waals surface area contributed by atoms with Crippen molar-refractivity contribution in [2.75, 3.05) is 13.2 Å². The Labute approximate surface area is 518 Å². The highest BCUT2D eigenvalue weighted by molar-refractivity contribution is 5.71. The number of rotatable bonds is 69. The van der Waals surface area contributed by atoms with Crippen LogP contribution in [0.3, 0.4) is 0 Å². The second-order valence-corrected chi connectivity index (χ2v) is 25.2. The molecule has 0 aromatic rings. The van der Waals surface area contributed by atoms with Crippen LogP contribution in [0, 0.1) is 0 Å². The van der Waals surface area contributed by atoms with Gasteiger partial charge in [-0.3, -0.25) is 14.4 Å². The quantitative estimate of drug-likeness (QED) is 0.0261. The first-order valence-electron chi connectivity index (χ1n) is 37.1. The van der Waals surface area contributed by atoms with Crippen molar-refractivity contribution in [2.24, 2.45) is 0 Å². The monoisotopic (exact) mass is 1160 g/mol. The zero-order valence-corrected chi connectivity index (χ0v) is 56.0. The average Bonchev–Trinajstić information content (AvgIpc) is 3.49. The summed E-state index contributed by atoms with van der Waals surface area (Å²) in [5.41, 5.74) is 0. The summed E-state index contributed by atoms with van der Waals surface area (Å²) < 4.78 is 17.0. The highest BCUT2D eigenvalue weighted by Crippen LogP contribution is 2.18. The summed E-state index contributed by atoms with van der Waals surface area (Å²) in [6.45, 7) is 6.67. The Balaban J connectivity index is 4.09. The van der Waals surface area contributed by atoms with E-state index in [4.69, 9.17) is 14.2 Å². The SMILES string of the molecule is CCCCCCC/C=C\C/C=C\C/C=C\CCCCCCCCCCCCCCC(=O)OC(COC(=O)CCCCCCCCCCC)COC(=O)CCCCCCCCCCCCCCCCCCC/C=C\CCCCCCCCCC. The zero-order valence-electron chi connectivity index (χ0n) is 56.0. The normalized spacial score (nSPS) is 12.3. The van der Waals surface area contributed by atoms with Gasteiger partial charge < -0.3 is 14.2 Å². The summed E-state index contributed by atoms with van der Waals surface area (Å²) in [6, 6.07) is 0. The molecule has 83 heavy (non-hydrogen) atoms. The Bertz CT molecular complexity index is 1430. The summed E-state index contributed by atoms with van der Waals surface area (Å²) in [4.78, 5) is 38.3. The van der Waals surface area contributed by atoms with Gasteiger partial charge in [-0.1, -0.05) is 352 Å². The molecule has 0 aliphatic carbocycles. The third kappa shape index (κ3) is 70.0. The minimum absolute atomic E-state index is 0.0685. The Hall–Kier alpha value is -2.63. The molecule has 0 aromatic heterocycles. The van der Waals surface area contributed by atoms with Crippen molar-refractivity contribution in [3.63, 3.8) is 0 Å². The molecule has 0 aliphatic rings. The van der Waals surface area contributed by atoms with Gasteiger partial charge in [0, 0.05) is 19.3 Å². The molecular weight excluding hydrogens is 1020 g/mol. The molecule has 0 saturated heterocycles. The number of esters is 3. The number of carbonyl (C=O) groups excluding carboxylic acids is 3. The minimum atomic E-state index is -0.771. The third-order valence-electron chi connectivity index (χ3n) is 16.8. The van der Waals surface area contributed by atoms with Crippen molar-refractivity contribution in [3.05, 3.63) is 48.6 Å². The molecule has 0 aliphatic heterocycles. The predicted molar refractivity (Wildman–Crippen MR) is 362 cm³/mol. The number of hydrogen-bond donors (Lipinski definition) is 0. The van der Waals surface area contributed by atoms with E-state index in [-0.39, 0.29) is 31.1 Å². The maximum absolute atomic E-state index is 12.9. The van der Waals surface area contributed by atoms with Crippen molar-refractivity contribution in [1.29, 1.82) is 0 Å². The number of ether oxygens (including phenoxy) is 3. The van der Waals surface area contributed by atoms with E-state index >= 15 is 0 Å². The third-order valence-corrected chi connectivity index (χ3v) is 16.8. The first kappa shape index (κ1) is 80.4. The lowest BCUT2D eigenvalue weighted by molar-refractivity contribution is -0.167. The first-order valence-corrected chi connectivity index (χ1v) is 37.1. The van der Waals surface area contributed by atoms with Crippen LogP contribution < -0.4 is 0 Å². The lowest BCUT2D eigenvalue weighted by Crippen LogP contribution is -2.30. The molecule has 486 valence electrons. The van der Waals surface area contributed by atoms with Gasteiger partial charge in [0.1, 0.15) is 13.2 Å². The lowest BCUT2D eigenvalue weighted by atomic mass is 10.0. The van der Waals surface area contributed by atoms with Crippen LogP contribution in [0.1, 0.15) is 406 Å². The van der Waals surface area contributed by atoms with Crippen LogP contribution in [-0.2, 0) is 28.6 Å². The molecule has 6 nitrogen and oxygen atoms in total. The first-order chi connectivity index (χ1) is 41.0. The van der Waals surface area contributed by atoms with E-state index in [1.54, 1.807) is 0 Å². The molecule has 0 amide bonds. The molecule has 0 fully saturated rings. The van der Waals surface area contributed by atoms with Gasteiger partial charge in [-0.15, -0.1) is 0 Å². The fourth-order valence-electron chi connectivity index (χ4n) is 11.2. The molecule has 6 heteroatoms. The van der Waals surface area contributed by atoms with Crippen molar-refractivity contribution < 1.29 is 28.6 Å². The lowest BCUT2D eigenvalue weighted by Gasteiger charge is -2.18. The largest absolute Gasteiger partial charge is 0.462 e. The highest BCUT2D eigenvalue weighted by Gasteiger charge is 2.19. The Morgan fingerprint density at radius 3 is 0.687 bits per heavy atom. The van der Waals surface area contributed by atoms with Gasteiger partial charge in [0.05, 0.1) is 0 Å². The second kappa shape index (κ2) is 71.8. The van der Waals surface area contributed by atoms with Gasteiger partial charge >= 0.3 is 17.9 Å². The smallest absolute Gasteiger partial charge is 0.306 e. The molecule has 0 N–H and O–H groups in total. The van der Waals surface area contributed by atoms with Crippen LogP contribution in [0.15, 0.2) is 48.6 Å². The van der Waals surface area contributed by atoms with Crippen molar-refractivity contribution in [3.8, 4) is 0 Å². The highest BCUT2D eigenvalue weighted by atomic mass is 16.6. The molecule has 1 unspecified atom stereocenters. The van der Waals surface area contributed by atoms with Gasteiger partial charge in [-0.25, -0.2) is 0 Å². The molecule has 0 bridgehead atoms. The van der Waals surface area contributed by atoms with E-state index in [0.29, 0.717) is 19.3 Å². The van der Waals surface area contributed by atoms with Gasteiger partial charge in [0.15, 0.2) is 6.10 Å². The van der Waals surface area contributed by atoms with Crippen molar-refractivity contribution >= 4 is 17.9 Å². The molecular formula is C77H142O6. The van der Waals surface area contributed by atoms with Crippen LogP contribution in [-0.4, -0.2) is 37.2 Å². The van der Waals surface area contributed by atoms with Crippen LogP contribution in [0.2, 0.25) is 0 Å². The number of hydrogen-bond acceptors (Lipinski definition) is 6. The van der Waals surface area contributed by atoms with E-state index in [1.807, 2.05) is 0 Å². The molecule has 0 rings (SSSR count). The molecule has 0 saturated carbocycles. The summed E-state index contributed by atoms with van der Waals surface area (Å²) in [5.74, 6) is -0.847.